The molecule has 0 amide bonds. The molecule has 0 aliphatic heterocycles. The lowest BCUT2D eigenvalue weighted by molar-refractivity contribution is 0.0697. The van der Waals surface area contributed by atoms with E-state index in [9.17, 15) is 9.90 Å². The molecule has 4 rings (SSSR count). The summed E-state index contributed by atoms with van der Waals surface area (Å²) >= 11 is 0. The van der Waals surface area contributed by atoms with Gasteiger partial charge in [-0.1, -0.05) is 30.3 Å². The van der Waals surface area contributed by atoms with Gasteiger partial charge in [0, 0.05) is 24.2 Å². The molecule has 29 heavy (non-hydrogen) atoms. The number of pyridine rings is 1. The van der Waals surface area contributed by atoms with Crippen molar-refractivity contribution >= 4 is 34.2 Å². The maximum absolute atomic E-state index is 12.1. The lowest BCUT2D eigenvalue weighted by atomic mass is 9.86. The van der Waals surface area contributed by atoms with E-state index in [0.29, 0.717) is 5.56 Å². The van der Waals surface area contributed by atoms with E-state index in [1.165, 1.54) is 5.69 Å². The summed E-state index contributed by atoms with van der Waals surface area (Å²) in [5, 5.41) is 10.6. The summed E-state index contributed by atoms with van der Waals surface area (Å²) in [6, 6.07) is 16.1. The summed E-state index contributed by atoms with van der Waals surface area (Å²) in [6.07, 6.45) is 4.77. The van der Waals surface area contributed by atoms with Crippen molar-refractivity contribution in [2.24, 2.45) is 0 Å². The molecule has 0 unspecified atom stereocenters. The highest BCUT2D eigenvalue weighted by Crippen LogP contribution is 2.36. The van der Waals surface area contributed by atoms with Crippen molar-refractivity contribution in [3.8, 4) is 0 Å². The van der Waals surface area contributed by atoms with Crippen molar-refractivity contribution < 1.29 is 9.90 Å². The molecule has 0 bridgehead atoms. The molecule has 0 atom stereocenters. The summed E-state index contributed by atoms with van der Waals surface area (Å²) in [6.45, 7) is 6.29. The number of hydrogen-bond acceptors (Lipinski definition) is 3. The summed E-state index contributed by atoms with van der Waals surface area (Å²) in [4.78, 5) is 19.2. The number of para-hydroxylation sites is 1. The maximum Gasteiger partial charge on any atom is 0.336 e. The van der Waals surface area contributed by atoms with Crippen LogP contribution in [0.3, 0.4) is 0 Å². The molecule has 0 saturated carbocycles. The molecule has 148 valence electrons. The standard InChI is InChI=1S/C25H26N2O2/c1-3-27(4-2)19-14-12-17(13-15-19)16-18-8-7-10-21-23(25(28)29)20-9-5-6-11-22(20)26-24(18)21/h5-6,9,11-16H,3-4,7-8,10H2,1-2H3,(H,28,29)/b18-16+. The highest BCUT2D eigenvalue weighted by molar-refractivity contribution is 6.05. The van der Waals surface area contributed by atoms with E-state index in [4.69, 9.17) is 4.98 Å². The van der Waals surface area contributed by atoms with Gasteiger partial charge in [-0.15, -0.1) is 0 Å². The van der Waals surface area contributed by atoms with Gasteiger partial charge in [0.15, 0.2) is 0 Å². The molecule has 1 heterocycles. The van der Waals surface area contributed by atoms with Crippen LogP contribution < -0.4 is 4.90 Å². The van der Waals surface area contributed by atoms with E-state index in [-0.39, 0.29) is 0 Å². The zero-order valence-corrected chi connectivity index (χ0v) is 17.0. The zero-order chi connectivity index (χ0) is 20.4. The molecular formula is C25H26N2O2. The number of allylic oxidation sites excluding steroid dienone is 1. The van der Waals surface area contributed by atoms with Crippen LogP contribution in [0.15, 0.2) is 48.5 Å². The smallest absolute Gasteiger partial charge is 0.336 e. The minimum atomic E-state index is -0.871. The molecule has 1 N–H and O–H groups in total. The summed E-state index contributed by atoms with van der Waals surface area (Å²) < 4.78 is 0. The predicted molar refractivity (Wildman–Crippen MR) is 120 cm³/mol. The highest BCUT2D eigenvalue weighted by Gasteiger charge is 2.24. The Balaban J connectivity index is 1.80. The first-order valence-corrected chi connectivity index (χ1v) is 10.3. The number of benzene rings is 2. The number of aromatic carboxylic acids is 1. The number of carboxylic acids is 1. The minimum absolute atomic E-state index is 0.410. The van der Waals surface area contributed by atoms with Crippen LogP contribution in [0.5, 0.6) is 0 Å². The molecule has 1 aliphatic carbocycles. The fourth-order valence-corrected chi connectivity index (χ4v) is 4.29. The number of carbonyl (C=O) groups is 1. The highest BCUT2D eigenvalue weighted by atomic mass is 16.4. The monoisotopic (exact) mass is 386 g/mol. The van der Waals surface area contributed by atoms with E-state index in [2.05, 4.69) is 49.1 Å². The van der Waals surface area contributed by atoms with Gasteiger partial charge >= 0.3 is 5.97 Å². The number of nitrogens with zero attached hydrogens (tertiary/aromatic N) is 2. The molecule has 4 heteroatoms. The SMILES string of the molecule is CCN(CC)c1ccc(/C=C2\CCCc3c2nc2ccccc2c3C(=O)O)cc1. The maximum atomic E-state index is 12.1. The lowest BCUT2D eigenvalue weighted by Gasteiger charge is -2.22. The molecule has 3 aromatic rings. The third kappa shape index (κ3) is 3.63. The summed E-state index contributed by atoms with van der Waals surface area (Å²) in [5.41, 5.74) is 6.33. The normalized spacial score (nSPS) is 14.8. The van der Waals surface area contributed by atoms with Gasteiger partial charge in [-0.3, -0.25) is 0 Å². The van der Waals surface area contributed by atoms with Crippen LogP contribution in [0.2, 0.25) is 0 Å². The second-order valence-corrected chi connectivity index (χ2v) is 7.42. The average molecular weight is 386 g/mol. The van der Waals surface area contributed by atoms with Crippen molar-refractivity contribution in [3.05, 3.63) is 70.9 Å². The van der Waals surface area contributed by atoms with Gasteiger partial charge in [0.1, 0.15) is 0 Å². The second kappa shape index (κ2) is 8.08. The fourth-order valence-electron chi connectivity index (χ4n) is 4.29. The van der Waals surface area contributed by atoms with Gasteiger partial charge in [0.2, 0.25) is 0 Å². The Morgan fingerprint density at radius 1 is 1.07 bits per heavy atom. The van der Waals surface area contributed by atoms with E-state index in [0.717, 1.165) is 65.6 Å². The molecule has 1 aliphatic rings. The summed E-state index contributed by atoms with van der Waals surface area (Å²) in [5.74, 6) is -0.871. The molecule has 0 saturated heterocycles. The van der Waals surface area contributed by atoms with Gasteiger partial charge in [-0.2, -0.15) is 0 Å². The van der Waals surface area contributed by atoms with Crippen molar-refractivity contribution in [3.63, 3.8) is 0 Å². The van der Waals surface area contributed by atoms with Crippen molar-refractivity contribution in [1.29, 1.82) is 0 Å². The number of aromatic nitrogens is 1. The van der Waals surface area contributed by atoms with E-state index in [1.807, 2.05) is 24.3 Å². The molecule has 1 aromatic heterocycles. The average Bonchev–Trinajstić information content (AvgIpc) is 2.74. The van der Waals surface area contributed by atoms with Gasteiger partial charge in [0.25, 0.3) is 0 Å². The Hall–Kier alpha value is -3.14. The van der Waals surface area contributed by atoms with Crippen molar-refractivity contribution in [2.75, 3.05) is 18.0 Å². The molecule has 0 spiro atoms. The summed E-state index contributed by atoms with van der Waals surface area (Å²) in [7, 11) is 0. The number of carboxylic acid groups (broad SMARTS) is 1. The predicted octanol–water partition coefficient (Wildman–Crippen LogP) is 5.66. The largest absolute Gasteiger partial charge is 0.478 e. The molecule has 2 aromatic carbocycles. The van der Waals surface area contributed by atoms with Gasteiger partial charge in [-0.05, 0) is 74.1 Å². The lowest BCUT2D eigenvalue weighted by Crippen LogP contribution is -2.21. The number of anilines is 1. The number of fused-ring (bicyclic) bond motifs is 2. The molecule has 0 radical (unpaired) electrons. The molecule has 4 nitrogen and oxygen atoms in total. The third-order valence-electron chi connectivity index (χ3n) is 5.75. The topological polar surface area (TPSA) is 53.4 Å². The Morgan fingerprint density at radius 2 is 1.79 bits per heavy atom. The molecule has 0 fully saturated rings. The van der Waals surface area contributed by atoms with E-state index < -0.39 is 5.97 Å². The Kier molecular flexibility index (Phi) is 5.34. The number of rotatable bonds is 5. The fraction of sp³-hybridized carbons (Fsp3) is 0.280. The zero-order valence-electron chi connectivity index (χ0n) is 17.0. The first-order chi connectivity index (χ1) is 14.1. The van der Waals surface area contributed by atoms with Crippen LogP contribution in [0, 0.1) is 0 Å². The van der Waals surface area contributed by atoms with Crippen molar-refractivity contribution in [2.45, 2.75) is 33.1 Å². The first-order valence-electron chi connectivity index (χ1n) is 10.3. The van der Waals surface area contributed by atoms with E-state index in [1.54, 1.807) is 0 Å². The number of hydrogen-bond donors (Lipinski definition) is 1. The Bertz CT molecular complexity index is 1080. The third-order valence-corrected chi connectivity index (χ3v) is 5.75. The van der Waals surface area contributed by atoms with Gasteiger partial charge < -0.3 is 10.0 Å². The first kappa shape index (κ1) is 19.2. The van der Waals surface area contributed by atoms with Crippen LogP contribution in [0.4, 0.5) is 5.69 Å². The van der Waals surface area contributed by atoms with Crippen LogP contribution in [0.25, 0.3) is 22.6 Å². The Labute approximate surface area is 171 Å². The van der Waals surface area contributed by atoms with Gasteiger partial charge in [-0.25, -0.2) is 9.78 Å². The second-order valence-electron chi connectivity index (χ2n) is 7.42. The van der Waals surface area contributed by atoms with Crippen LogP contribution in [-0.2, 0) is 6.42 Å². The van der Waals surface area contributed by atoms with Crippen LogP contribution >= 0.6 is 0 Å². The Morgan fingerprint density at radius 3 is 2.48 bits per heavy atom. The van der Waals surface area contributed by atoms with E-state index >= 15 is 0 Å². The quantitative estimate of drug-likeness (QED) is 0.615. The van der Waals surface area contributed by atoms with Crippen LogP contribution in [0.1, 0.15) is 53.9 Å². The van der Waals surface area contributed by atoms with Crippen molar-refractivity contribution in [1.82, 2.24) is 4.98 Å². The van der Waals surface area contributed by atoms with Gasteiger partial charge in [0.05, 0.1) is 16.8 Å². The molecular weight excluding hydrogens is 360 g/mol. The van der Waals surface area contributed by atoms with Crippen LogP contribution in [-0.4, -0.2) is 29.1 Å². The minimum Gasteiger partial charge on any atom is -0.478 e.